The highest BCUT2D eigenvalue weighted by Gasteiger charge is 2.22. The molecule has 1 aromatic rings. The monoisotopic (exact) mass is 268 g/mol. The summed E-state index contributed by atoms with van der Waals surface area (Å²) in [4.78, 5) is 2.26. The van der Waals surface area contributed by atoms with Crippen molar-refractivity contribution in [2.75, 3.05) is 40.0 Å². The Kier molecular flexibility index (Phi) is 4.99. The molecule has 0 bridgehead atoms. The number of halogens is 1. The van der Waals surface area contributed by atoms with Gasteiger partial charge in [0.2, 0.25) is 0 Å². The molecule has 1 saturated heterocycles. The van der Waals surface area contributed by atoms with Crippen molar-refractivity contribution in [2.24, 2.45) is 0 Å². The summed E-state index contributed by atoms with van der Waals surface area (Å²) < 4.78 is 17.8. The van der Waals surface area contributed by atoms with Gasteiger partial charge in [0.15, 0.2) is 11.5 Å². The second-order valence-corrected chi connectivity index (χ2v) is 4.71. The molecular weight excluding hydrogens is 247 g/mol. The maximum Gasteiger partial charge on any atom is 0.160 e. The zero-order valence-electron chi connectivity index (χ0n) is 11.2. The van der Waals surface area contributed by atoms with Crippen LogP contribution in [0.4, 0.5) is 4.39 Å². The minimum atomic E-state index is -0.360. The Balaban J connectivity index is 2.19. The molecule has 1 aliphatic heterocycles. The predicted molar refractivity (Wildman–Crippen MR) is 72.4 cm³/mol. The Morgan fingerprint density at radius 2 is 2.16 bits per heavy atom. The van der Waals surface area contributed by atoms with E-state index in [9.17, 15) is 9.50 Å². The van der Waals surface area contributed by atoms with Gasteiger partial charge < -0.3 is 15.2 Å². The average Bonchev–Trinajstić information content (AvgIpc) is 2.45. The summed E-state index contributed by atoms with van der Waals surface area (Å²) in [5.41, 5.74) is 0.942. The van der Waals surface area contributed by atoms with Crippen LogP contribution in [-0.4, -0.2) is 50.0 Å². The van der Waals surface area contributed by atoms with Crippen molar-refractivity contribution < 1.29 is 14.2 Å². The van der Waals surface area contributed by atoms with E-state index in [-0.39, 0.29) is 18.5 Å². The van der Waals surface area contributed by atoms with Gasteiger partial charge >= 0.3 is 0 Å². The molecule has 2 rings (SSSR count). The van der Waals surface area contributed by atoms with E-state index in [2.05, 4.69) is 10.2 Å². The van der Waals surface area contributed by atoms with Crippen molar-refractivity contribution in [1.29, 1.82) is 0 Å². The maximum atomic E-state index is 12.8. The lowest BCUT2D eigenvalue weighted by atomic mass is 10.0. The van der Waals surface area contributed by atoms with E-state index < -0.39 is 0 Å². The number of rotatable bonds is 5. The number of hydrogen-bond acceptors (Lipinski definition) is 4. The van der Waals surface area contributed by atoms with E-state index in [0.717, 1.165) is 31.7 Å². The second-order valence-electron chi connectivity index (χ2n) is 4.71. The summed E-state index contributed by atoms with van der Waals surface area (Å²) in [5.74, 6) is 0.557. The number of alkyl halides is 1. The quantitative estimate of drug-likeness (QED) is 0.853. The lowest BCUT2D eigenvalue weighted by molar-refractivity contribution is 0.157. The summed E-state index contributed by atoms with van der Waals surface area (Å²) in [6.07, 6.45) is 0.450. The third kappa shape index (κ3) is 3.36. The van der Waals surface area contributed by atoms with Gasteiger partial charge in [0.25, 0.3) is 0 Å². The zero-order valence-corrected chi connectivity index (χ0v) is 11.2. The number of nitrogens with one attached hydrogen (secondary N) is 1. The molecular formula is C14H21FN2O2. The Hall–Kier alpha value is -1.33. The lowest BCUT2D eigenvalue weighted by Gasteiger charge is -2.35. The minimum absolute atomic E-state index is 0.0175. The first kappa shape index (κ1) is 14.1. The van der Waals surface area contributed by atoms with Gasteiger partial charge in [-0.05, 0) is 24.1 Å². The standard InChI is InChI=1S/C14H21FN2O2/c1-19-14-3-2-11(10-13(14)18)12(4-5-15)17-8-6-16-7-9-17/h2-3,10,12,16,18H,4-9H2,1H3/t12-/m0/s1. The smallest absolute Gasteiger partial charge is 0.160 e. The first-order chi connectivity index (χ1) is 9.26. The highest BCUT2D eigenvalue weighted by molar-refractivity contribution is 5.42. The fourth-order valence-electron chi connectivity index (χ4n) is 2.57. The Bertz CT molecular complexity index is 408. The van der Waals surface area contributed by atoms with Crippen molar-refractivity contribution in [3.8, 4) is 11.5 Å². The molecule has 1 heterocycles. The van der Waals surface area contributed by atoms with E-state index in [1.54, 1.807) is 12.1 Å². The van der Waals surface area contributed by atoms with Crippen LogP contribution in [0.3, 0.4) is 0 Å². The summed E-state index contributed by atoms with van der Waals surface area (Å²) in [7, 11) is 1.52. The molecule has 19 heavy (non-hydrogen) atoms. The molecule has 1 fully saturated rings. The summed E-state index contributed by atoms with van der Waals surface area (Å²) >= 11 is 0. The van der Waals surface area contributed by atoms with Crippen LogP contribution in [0.1, 0.15) is 18.0 Å². The molecule has 5 heteroatoms. The number of ether oxygens (including phenoxy) is 1. The molecule has 0 radical (unpaired) electrons. The number of phenolic OH excluding ortho intramolecular Hbond substituents is 1. The van der Waals surface area contributed by atoms with Crippen LogP contribution in [0.2, 0.25) is 0 Å². The van der Waals surface area contributed by atoms with Crippen LogP contribution in [0, 0.1) is 0 Å². The van der Waals surface area contributed by atoms with Crippen LogP contribution in [0.5, 0.6) is 11.5 Å². The molecule has 0 aliphatic carbocycles. The molecule has 4 nitrogen and oxygen atoms in total. The summed E-state index contributed by atoms with van der Waals surface area (Å²) in [5, 5.41) is 13.1. The molecule has 1 aliphatic rings. The highest BCUT2D eigenvalue weighted by atomic mass is 19.1. The van der Waals surface area contributed by atoms with E-state index in [1.165, 1.54) is 7.11 Å². The van der Waals surface area contributed by atoms with Gasteiger partial charge in [-0.15, -0.1) is 0 Å². The van der Waals surface area contributed by atoms with Crippen molar-refractivity contribution in [1.82, 2.24) is 10.2 Å². The van der Waals surface area contributed by atoms with Gasteiger partial charge in [-0.3, -0.25) is 9.29 Å². The van der Waals surface area contributed by atoms with Gasteiger partial charge in [0, 0.05) is 32.2 Å². The van der Waals surface area contributed by atoms with Gasteiger partial charge in [0.1, 0.15) is 0 Å². The van der Waals surface area contributed by atoms with Gasteiger partial charge in [-0.2, -0.15) is 0 Å². The molecule has 1 atom stereocenters. The largest absolute Gasteiger partial charge is 0.504 e. The lowest BCUT2D eigenvalue weighted by Crippen LogP contribution is -2.45. The van der Waals surface area contributed by atoms with Gasteiger partial charge in [-0.1, -0.05) is 6.07 Å². The molecule has 2 N–H and O–H groups in total. The first-order valence-electron chi connectivity index (χ1n) is 6.64. The van der Waals surface area contributed by atoms with Crippen LogP contribution in [-0.2, 0) is 0 Å². The third-order valence-electron chi connectivity index (χ3n) is 3.56. The molecule has 1 aromatic carbocycles. The van der Waals surface area contributed by atoms with Crippen molar-refractivity contribution in [3.63, 3.8) is 0 Å². The predicted octanol–water partition coefficient (Wildman–Crippen LogP) is 1.71. The molecule has 0 spiro atoms. The number of phenols is 1. The van der Waals surface area contributed by atoms with Gasteiger partial charge in [0.05, 0.1) is 13.8 Å². The number of nitrogens with zero attached hydrogens (tertiary/aromatic N) is 1. The maximum absolute atomic E-state index is 12.8. The van der Waals surface area contributed by atoms with E-state index in [1.807, 2.05) is 6.07 Å². The Morgan fingerprint density at radius 3 is 2.74 bits per heavy atom. The zero-order chi connectivity index (χ0) is 13.7. The average molecular weight is 268 g/mol. The summed E-state index contributed by atoms with van der Waals surface area (Å²) in [6, 6.07) is 5.34. The van der Waals surface area contributed by atoms with Crippen molar-refractivity contribution in [3.05, 3.63) is 23.8 Å². The number of benzene rings is 1. The minimum Gasteiger partial charge on any atom is -0.504 e. The first-order valence-corrected chi connectivity index (χ1v) is 6.64. The number of aromatic hydroxyl groups is 1. The highest BCUT2D eigenvalue weighted by Crippen LogP contribution is 2.32. The molecule has 106 valence electrons. The topological polar surface area (TPSA) is 44.7 Å². The Morgan fingerprint density at radius 1 is 1.42 bits per heavy atom. The van der Waals surface area contributed by atoms with E-state index >= 15 is 0 Å². The van der Waals surface area contributed by atoms with Crippen molar-refractivity contribution in [2.45, 2.75) is 12.5 Å². The molecule has 0 aromatic heterocycles. The summed E-state index contributed by atoms with van der Waals surface area (Å²) in [6.45, 7) is 3.28. The van der Waals surface area contributed by atoms with Gasteiger partial charge in [-0.25, -0.2) is 0 Å². The fourth-order valence-corrected chi connectivity index (χ4v) is 2.57. The fraction of sp³-hybridized carbons (Fsp3) is 0.571. The molecule has 0 saturated carbocycles. The number of piperazine rings is 1. The molecule has 0 unspecified atom stereocenters. The van der Waals surface area contributed by atoms with E-state index in [4.69, 9.17) is 4.74 Å². The third-order valence-corrected chi connectivity index (χ3v) is 3.56. The van der Waals surface area contributed by atoms with Crippen molar-refractivity contribution >= 4 is 0 Å². The number of hydrogen-bond donors (Lipinski definition) is 2. The van der Waals surface area contributed by atoms with Crippen LogP contribution in [0.25, 0.3) is 0 Å². The van der Waals surface area contributed by atoms with E-state index in [0.29, 0.717) is 12.2 Å². The SMILES string of the molecule is COc1ccc([C@H](CCF)N2CCNCC2)cc1O. The number of methoxy groups -OCH3 is 1. The van der Waals surface area contributed by atoms with Crippen LogP contribution < -0.4 is 10.1 Å². The second kappa shape index (κ2) is 6.73. The normalized spacial score (nSPS) is 18.2. The van der Waals surface area contributed by atoms with Crippen LogP contribution >= 0.6 is 0 Å². The molecule has 0 amide bonds. The Labute approximate surface area is 113 Å². The van der Waals surface area contributed by atoms with Crippen LogP contribution in [0.15, 0.2) is 18.2 Å².